The van der Waals surface area contributed by atoms with E-state index in [-0.39, 0.29) is 22.1 Å². The number of fused-ring (bicyclic) bond motifs is 1. The number of carbonyl (C=O) groups excluding carboxylic acids is 3. The van der Waals surface area contributed by atoms with E-state index in [1.54, 1.807) is 12.3 Å². The van der Waals surface area contributed by atoms with Crippen LogP contribution in [-0.4, -0.2) is 34.0 Å². The lowest BCUT2D eigenvalue weighted by Gasteiger charge is -2.17. The fourth-order valence-corrected chi connectivity index (χ4v) is 5.50. The number of esters is 1. The third-order valence-electron chi connectivity index (χ3n) is 7.82. The summed E-state index contributed by atoms with van der Waals surface area (Å²) in [5.74, 6) is -1.44. The van der Waals surface area contributed by atoms with E-state index in [4.69, 9.17) is 16.3 Å². The molecule has 0 saturated carbocycles. The van der Waals surface area contributed by atoms with Crippen LogP contribution in [0.15, 0.2) is 42.6 Å². The molecule has 0 aliphatic rings. The summed E-state index contributed by atoms with van der Waals surface area (Å²) >= 11 is 6.34. The van der Waals surface area contributed by atoms with Crippen LogP contribution in [0.2, 0.25) is 5.02 Å². The summed E-state index contributed by atoms with van der Waals surface area (Å²) in [7, 11) is 0. The molecule has 0 saturated heterocycles. The molecule has 234 valence electrons. The second kappa shape index (κ2) is 18.5. The van der Waals surface area contributed by atoms with Crippen molar-refractivity contribution in [3.8, 4) is 0 Å². The van der Waals surface area contributed by atoms with Crippen molar-refractivity contribution in [2.75, 3.05) is 11.9 Å². The maximum absolute atomic E-state index is 13.3. The Morgan fingerprint density at radius 3 is 2.07 bits per heavy atom. The van der Waals surface area contributed by atoms with Crippen LogP contribution in [0, 0.1) is 6.92 Å². The van der Waals surface area contributed by atoms with Gasteiger partial charge >= 0.3 is 5.97 Å². The zero-order chi connectivity index (χ0) is 31.0. The third kappa shape index (κ3) is 11.1. The monoisotopic (exact) mass is 609 g/mol. The Labute approximate surface area is 261 Å². The molecule has 7 nitrogen and oxygen atoms in total. The Morgan fingerprint density at radius 2 is 1.47 bits per heavy atom. The van der Waals surface area contributed by atoms with Crippen LogP contribution in [0.25, 0.3) is 10.9 Å². The standard InChI is InChI=1S/C35H48ClN3O4/c1-4-5-6-7-8-9-10-11-12-13-14-15-16-17-22-43-35(42)28-19-20-30(36)31(24-28)38-34(41)33(27(3)40)39-32-21-18-26(2)23-29(32)25-37-39/h18-21,23-25,33H,4-17,22H2,1-3H3,(H,38,41). The summed E-state index contributed by atoms with van der Waals surface area (Å²) in [4.78, 5) is 38.5. The quantitative estimate of drug-likeness (QED) is 0.0782. The summed E-state index contributed by atoms with van der Waals surface area (Å²) in [6, 6.07) is 9.08. The molecule has 0 spiro atoms. The van der Waals surface area contributed by atoms with Gasteiger partial charge in [0.15, 0.2) is 11.8 Å². The summed E-state index contributed by atoms with van der Waals surface area (Å²) < 4.78 is 6.89. The van der Waals surface area contributed by atoms with Crippen molar-refractivity contribution in [1.82, 2.24) is 9.78 Å². The van der Waals surface area contributed by atoms with E-state index in [0.717, 1.165) is 30.2 Å². The van der Waals surface area contributed by atoms with Gasteiger partial charge in [-0.05, 0) is 50.6 Å². The van der Waals surface area contributed by atoms with E-state index >= 15 is 0 Å². The second-order valence-corrected chi connectivity index (χ2v) is 12.0. The molecule has 1 unspecified atom stereocenters. The van der Waals surface area contributed by atoms with Gasteiger partial charge in [0.05, 0.1) is 34.6 Å². The number of amides is 1. The maximum atomic E-state index is 13.3. The van der Waals surface area contributed by atoms with Gasteiger partial charge in [-0.25, -0.2) is 9.48 Å². The minimum absolute atomic E-state index is 0.233. The lowest BCUT2D eigenvalue weighted by molar-refractivity contribution is -0.129. The Bertz CT molecular complexity index is 1340. The van der Waals surface area contributed by atoms with Crippen LogP contribution in [0.3, 0.4) is 0 Å². The summed E-state index contributed by atoms with van der Waals surface area (Å²) in [5.41, 5.74) is 2.24. The number of unbranched alkanes of at least 4 members (excludes halogenated alkanes) is 13. The number of nitrogens with one attached hydrogen (secondary N) is 1. The number of carbonyl (C=O) groups is 3. The zero-order valence-electron chi connectivity index (χ0n) is 26.1. The van der Waals surface area contributed by atoms with Gasteiger partial charge in [-0.15, -0.1) is 0 Å². The molecule has 0 aliphatic heterocycles. The molecule has 0 aliphatic carbocycles. The first-order valence-electron chi connectivity index (χ1n) is 16.0. The number of aryl methyl sites for hydroxylation is 1. The lowest BCUT2D eigenvalue weighted by Crippen LogP contribution is -2.32. The van der Waals surface area contributed by atoms with Crippen molar-refractivity contribution in [1.29, 1.82) is 0 Å². The van der Waals surface area contributed by atoms with Gasteiger partial charge in [0.2, 0.25) is 0 Å². The van der Waals surface area contributed by atoms with Gasteiger partial charge in [-0.1, -0.05) is 114 Å². The van der Waals surface area contributed by atoms with Crippen molar-refractivity contribution < 1.29 is 19.1 Å². The Kier molecular flexibility index (Phi) is 14.7. The molecule has 0 bridgehead atoms. The highest BCUT2D eigenvalue weighted by atomic mass is 35.5. The van der Waals surface area contributed by atoms with Crippen LogP contribution in [0.1, 0.15) is 126 Å². The zero-order valence-corrected chi connectivity index (χ0v) is 26.9. The Hall–Kier alpha value is -3.19. The van der Waals surface area contributed by atoms with Gasteiger partial charge in [0, 0.05) is 5.39 Å². The molecule has 1 aromatic heterocycles. The molecule has 2 aromatic carbocycles. The third-order valence-corrected chi connectivity index (χ3v) is 8.15. The highest BCUT2D eigenvalue weighted by molar-refractivity contribution is 6.34. The van der Waals surface area contributed by atoms with E-state index in [1.807, 2.05) is 25.1 Å². The number of ketones is 1. The van der Waals surface area contributed by atoms with E-state index < -0.39 is 17.9 Å². The van der Waals surface area contributed by atoms with Gasteiger partial charge in [0.1, 0.15) is 0 Å². The molecule has 43 heavy (non-hydrogen) atoms. The maximum Gasteiger partial charge on any atom is 0.338 e. The van der Waals surface area contributed by atoms with Crippen molar-refractivity contribution in [2.24, 2.45) is 0 Å². The molecule has 0 fully saturated rings. The number of halogens is 1. The number of hydrogen-bond acceptors (Lipinski definition) is 5. The summed E-state index contributed by atoms with van der Waals surface area (Å²) in [6.07, 6.45) is 19.3. The van der Waals surface area contributed by atoms with Crippen LogP contribution in [0.4, 0.5) is 5.69 Å². The molecule has 3 rings (SSSR count). The SMILES string of the molecule is CCCCCCCCCCCCCCCCOC(=O)c1ccc(Cl)c(NC(=O)C(C(C)=O)n2ncc3cc(C)ccc32)c1. The van der Waals surface area contributed by atoms with Crippen molar-refractivity contribution in [3.05, 3.63) is 58.7 Å². The van der Waals surface area contributed by atoms with E-state index in [0.29, 0.717) is 12.1 Å². The predicted octanol–water partition coefficient (Wildman–Crippen LogP) is 9.41. The highest BCUT2D eigenvalue weighted by Crippen LogP contribution is 2.26. The number of anilines is 1. The van der Waals surface area contributed by atoms with Crippen molar-refractivity contribution in [2.45, 2.75) is 117 Å². The molecular formula is C35H48ClN3O4. The van der Waals surface area contributed by atoms with Crippen LogP contribution in [0.5, 0.6) is 0 Å². The minimum atomic E-state index is -1.19. The Balaban J connectivity index is 1.40. The van der Waals surface area contributed by atoms with Gasteiger partial charge in [0.25, 0.3) is 5.91 Å². The first-order chi connectivity index (χ1) is 20.8. The molecule has 1 atom stereocenters. The van der Waals surface area contributed by atoms with Crippen molar-refractivity contribution >= 4 is 45.9 Å². The molecule has 1 amide bonds. The predicted molar refractivity (Wildman–Crippen MR) is 175 cm³/mol. The van der Waals surface area contributed by atoms with E-state index in [9.17, 15) is 14.4 Å². The average Bonchev–Trinajstić information content (AvgIpc) is 3.38. The fraction of sp³-hybridized carbons (Fsp3) is 0.543. The van der Waals surface area contributed by atoms with Crippen LogP contribution in [-0.2, 0) is 14.3 Å². The topological polar surface area (TPSA) is 90.3 Å². The molecule has 1 heterocycles. The van der Waals surface area contributed by atoms with Crippen LogP contribution >= 0.6 is 11.6 Å². The number of aromatic nitrogens is 2. The van der Waals surface area contributed by atoms with E-state index in [1.165, 1.54) is 94.4 Å². The number of rotatable bonds is 20. The highest BCUT2D eigenvalue weighted by Gasteiger charge is 2.28. The number of benzene rings is 2. The largest absolute Gasteiger partial charge is 0.462 e. The first kappa shape index (κ1) is 34.3. The van der Waals surface area contributed by atoms with Gasteiger partial charge in [-0.3, -0.25) is 9.59 Å². The van der Waals surface area contributed by atoms with Crippen molar-refractivity contribution in [3.63, 3.8) is 0 Å². The fourth-order valence-electron chi connectivity index (χ4n) is 5.34. The molecule has 8 heteroatoms. The first-order valence-corrected chi connectivity index (χ1v) is 16.4. The normalized spacial score (nSPS) is 11.9. The van der Waals surface area contributed by atoms with E-state index in [2.05, 4.69) is 17.3 Å². The molecule has 1 N–H and O–H groups in total. The average molecular weight is 610 g/mol. The number of hydrogen-bond donors (Lipinski definition) is 1. The van der Waals surface area contributed by atoms with Gasteiger partial charge in [-0.2, -0.15) is 5.10 Å². The summed E-state index contributed by atoms with van der Waals surface area (Å²) in [5, 5.41) is 8.10. The summed E-state index contributed by atoms with van der Waals surface area (Å²) in [6.45, 7) is 5.91. The molecular weight excluding hydrogens is 562 g/mol. The Morgan fingerprint density at radius 1 is 0.860 bits per heavy atom. The molecule has 0 radical (unpaired) electrons. The number of Topliss-reactive ketones (excluding diaryl/α,β-unsaturated/α-hetero) is 1. The lowest BCUT2D eigenvalue weighted by atomic mass is 10.0. The van der Waals surface area contributed by atoms with Gasteiger partial charge < -0.3 is 10.1 Å². The number of nitrogens with zero attached hydrogens (tertiary/aromatic N) is 2. The number of ether oxygens (including phenoxy) is 1. The smallest absolute Gasteiger partial charge is 0.338 e. The van der Waals surface area contributed by atoms with Crippen LogP contribution < -0.4 is 5.32 Å². The molecule has 3 aromatic rings. The second-order valence-electron chi connectivity index (χ2n) is 11.6. The minimum Gasteiger partial charge on any atom is -0.462 e.